The number of rotatable bonds is 6. The molecule has 0 atom stereocenters. The molecule has 0 unspecified atom stereocenters. The molecule has 2 aliphatic heterocycles. The number of nitrogens with one attached hydrogen (secondary N) is 1. The normalized spacial score (nSPS) is 19.5. The first-order chi connectivity index (χ1) is 11.7. The Hall–Kier alpha value is -1.79. The molecule has 6 nitrogen and oxygen atoms in total. The number of carbonyl (C=O) groups is 1. The third kappa shape index (κ3) is 4.19. The van der Waals surface area contributed by atoms with Crippen LogP contribution in [-0.4, -0.2) is 56.0 Å². The maximum absolute atomic E-state index is 12.3. The van der Waals surface area contributed by atoms with Gasteiger partial charge in [0.2, 0.25) is 5.91 Å². The van der Waals surface area contributed by atoms with Gasteiger partial charge in [0.05, 0.1) is 19.8 Å². The lowest BCUT2D eigenvalue weighted by atomic mass is 10.0. The first-order valence-corrected chi connectivity index (χ1v) is 8.73. The van der Waals surface area contributed by atoms with Crippen molar-refractivity contribution in [1.29, 1.82) is 0 Å². The molecule has 1 aromatic rings. The highest BCUT2D eigenvalue weighted by atomic mass is 16.7. The van der Waals surface area contributed by atoms with E-state index in [0.717, 1.165) is 24.3 Å². The summed E-state index contributed by atoms with van der Waals surface area (Å²) in [6.45, 7) is 6.00. The molecule has 0 aliphatic carbocycles. The molecule has 0 bridgehead atoms. The van der Waals surface area contributed by atoms with Crippen molar-refractivity contribution >= 4 is 11.6 Å². The van der Waals surface area contributed by atoms with E-state index in [-0.39, 0.29) is 5.91 Å². The summed E-state index contributed by atoms with van der Waals surface area (Å²) in [7, 11) is 0. The van der Waals surface area contributed by atoms with E-state index in [1.54, 1.807) is 0 Å². The first-order valence-electron chi connectivity index (χ1n) is 8.73. The molecule has 2 aliphatic rings. The van der Waals surface area contributed by atoms with Crippen LogP contribution in [0.15, 0.2) is 24.3 Å². The standard InChI is InChI=1S/C18H26N2O4/c1-2-22-16-5-3-15(4-6-16)19-10-7-17(21)20-11-8-18(9-12-20)23-13-14-24-18/h3-6,19H,2,7-14H2,1H3. The number of ether oxygens (including phenoxy) is 3. The third-order valence-corrected chi connectivity index (χ3v) is 4.52. The summed E-state index contributed by atoms with van der Waals surface area (Å²) in [6, 6.07) is 7.79. The molecule has 1 amide bonds. The van der Waals surface area contributed by atoms with Gasteiger partial charge in [-0.1, -0.05) is 0 Å². The highest BCUT2D eigenvalue weighted by Gasteiger charge is 2.40. The van der Waals surface area contributed by atoms with Crippen LogP contribution in [0.1, 0.15) is 26.2 Å². The summed E-state index contributed by atoms with van der Waals surface area (Å²) in [5, 5.41) is 3.28. The Morgan fingerprint density at radius 3 is 2.50 bits per heavy atom. The van der Waals surface area contributed by atoms with Crippen LogP contribution in [0.5, 0.6) is 5.75 Å². The summed E-state index contributed by atoms with van der Waals surface area (Å²) in [5.74, 6) is 0.621. The SMILES string of the molecule is CCOc1ccc(NCCC(=O)N2CCC3(CC2)OCCO3)cc1. The molecular weight excluding hydrogens is 308 g/mol. The zero-order valence-corrected chi connectivity index (χ0v) is 14.3. The molecule has 132 valence electrons. The summed E-state index contributed by atoms with van der Waals surface area (Å²) < 4.78 is 16.8. The molecule has 2 fully saturated rings. The van der Waals surface area contributed by atoms with E-state index in [4.69, 9.17) is 14.2 Å². The minimum absolute atomic E-state index is 0.182. The van der Waals surface area contributed by atoms with Crippen LogP contribution in [-0.2, 0) is 14.3 Å². The molecule has 1 spiro atoms. The summed E-state index contributed by atoms with van der Waals surface area (Å²) in [6.07, 6.45) is 2.03. The summed E-state index contributed by atoms with van der Waals surface area (Å²) >= 11 is 0. The van der Waals surface area contributed by atoms with E-state index < -0.39 is 5.79 Å². The van der Waals surface area contributed by atoms with Crippen molar-refractivity contribution in [3.8, 4) is 5.75 Å². The molecule has 3 rings (SSSR count). The van der Waals surface area contributed by atoms with Crippen LogP contribution >= 0.6 is 0 Å². The average molecular weight is 334 g/mol. The molecule has 2 saturated heterocycles. The first kappa shape index (κ1) is 17.0. The Kier molecular flexibility index (Phi) is 5.58. The summed E-state index contributed by atoms with van der Waals surface area (Å²) in [4.78, 5) is 14.2. The van der Waals surface area contributed by atoms with Gasteiger partial charge in [-0.15, -0.1) is 0 Å². The number of likely N-dealkylation sites (tertiary alicyclic amines) is 1. The average Bonchev–Trinajstić information content (AvgIpc) is 3.05. The second-order valence-electron chi connectivity index (χ2n) is 6.12. The van der Waals surface area contributed by atoms with Crippen LogP contribution in [0.3, 0.4) is 0 Å². The number of nitrogens with zero attached hydrogens (tertiary/aromatic N) is 1. The van der Waals surface area contributed by atoms with Crippen molar-refractivity contribution in [3.05, 3.63) is 24.3 Å². The molecule has 6 heteroatoms. The smallest absolute Gasteiger partial charge is 0.224 e. The van der Waals surface area contributed by atoms with Crippen LogP contribution < -0.4 is 10.1 Å². The Morgan fingerprint density at radius 1 is 1.21 bits per heavy atom. The monoisotopic (exact) mass is 334 g/mol. The van der Waals surface area contributed by atoms with Crippen molar-refractivity contribution in [2.24, 2.45) is 0 Å². The number of anilines is 1. The van der Waals surface area contributed by atoms with E-state index in [2.05, 4.69) is 5.32 Å². The topological polar surface area (TPSA) is 60.0 Å². The number of hydrogen-bond acceptors (Lipinski definition) is 5. The van der Waals surface area contributed by atoms with Crippen molar-refractivity contribution in [3.63, 3.8) is 0 Å². The van der Waals surface area contributed by atoms with Gasteiger partial charge < -0.3 is 24.4 Å². The van der Waals surface area contributed by atoms with Gasteiger partial charge >= 0.3 is 0 Å². The molecule has 0 saturated carbocycles. The maximum Gasteiger partial charge on any atom is 0.224 e. The van der Waals surface area contributed by atoms with E-state index >= 15 is 0 Å². The molecule has 2 heterocycles. The minimum Gasteiger partial charge on any atom is -0.494 e. The van der Waals surface area contributed by atoms with Crippen molar-refractivity contribution < 1.29 is 19.0 Å². The quantitative estimate of drug-likeness (QED) is 0.865. The van der Waals surface area contributed by atoms with Crippen molar-refractivity contribution in [1.82, 2.24) is 4.90 Å². The van der Waals surface area contributed by atoms with E-state index in [1.165, 1.54) is 0 Å². The van der Waals surface area contributed by atoms with Gasteiger partial charge in [-0.3, -0.25) is 4.79 Å². The molecule has 0 radical (unpaired) electrons. The fourth-order valence-corrected chi connectivity index (χ4v) is 3.19. The lowest BCUT2D eigenvalue weighted by Crippen LogP contribution is -2.47. The van der Waals surface area contributed by atoms with E-state index in [9.17, 15) is 4.79 Å². The molecule has 0 aromatic heterocycles. The Labute approximate surface area is 143 Å². The van der Waals surface area contributed by atoms with Gasteiger partial charge in [-0.2, -0.15) is 0 Å². The molecule has 1 aromatic carbocycles. The Morgan fingerprint density at radius 2 is 1.88 bits per heavy atom. The van der Waals surface area contributed by atoms with Crippen molar-refractivity contribution in [2.75, 3.05) is 44.8 Å². The van der Waals surface area contributed by atoms with Gasteiger partial charge in [0.15, 0.2) is 5.79 Å². The van der Waals surface area contributed by atoms with Crippen LogP contribution in [0.2, 0.25) is 0 Å². The van der Waals surface area contributed by atoms with Gasteiger partial charge in [0.1, 0.15) is 5.75 Å². The zero-order chi connectivity index (χ0) is 16.8. The zero-order valence-electron chi connectivity index (χ0n) is 14.3. The lowest BCUT2D eigenvalue weighted by Gasteiger charge is -2.37. The number of carbonyl (C=O) groups excluding carboxylic acids is 1. The van der Waals surface area contributed by atoms with Crippen LogP contribution in [0.25, 0.3) is 0 Å². The minimum atomic E-state index is -0.419. The van der Waals surface area contributed by atoms with Crippen LogP contribution in [0, 0.1) is 0 Å². The maximum atomic E-state index is 12.3. The summed E-state index contributed by atoms with van der Waals surface area (Å²) in [5.41, 5.74) is 0.997. The molecule has 1 N–H and O–H groups in total. The number of amides is 1. The fraction of sp³-hybridized carbons (Fsp3) is 0.611. The van der Waals surface area contributed by atoms with Gasteiger partial charge in [0, 0.05) is 44.6 Å². The molecular formula is C18H26N2O4. The predicted molar refractivity (Wildman–Crippen MR) is 91.2 cm³/mol. The number of hydrogen-bond donors (Lipinski definition) is 1. The largest absolute Gasteiger partial charge is 0.494 e. The van der Waals surface area contributed by atoms with E-state index in [1.807, 2.05) is 36.1 Å². The number of piperidine rings is 1. The third-order valence-electron chi connectivity index (χ3n) is 4.52. The molecule has 24 heavy (non-hydrogen) atoms. The second-order valence-corrected chi connectivity index (χ2v) is 6.12. The van der Waals surface area contributed by atoms with Gasteiger partial charge in [-0.25, -0.2) is 0 Å². The number of benzene rings is 1. The fourth-order valence-electron chi connectivity index (χ4n) is 3.19. The lowest BCUT2D eigenvalue weighted by molar-refractivity contribution is -0.187. The van der Waals surface area contributed by atoms with Crippen molar-refractivity contribution in [2.45, 2.75) is 32.0 Å². The highest BCUT2D eigenvalue weighted by Crippen LogP contribution is 2.31. The Bertz CT molecular complexity index is 530. The van der Waals surface area contributed by atoms with E-state index in [0.29, 0.717) is 45.9 Å². The Balaban J connectivity index is 1.38. The predicted octanol–water partition coefficient (Wildman–Crippen LogP) is 2.25. The van der Waals surface area contributed by atoms with Crippen LogP contribution in [0.4, 0.5) is 5.69 Å². The van der Waals surface area contributed by atoms with Gasteiger partial charge in [0.25, 0.3) is 0 Å². The van der Waals surface area contributed by atoms with Gasteiger partial charge in [-0.05, 0) is 31.2 Å². The second kappa shape index (κ2) is 7.85. The highest BCUT2D eigenvalue weighted by molar-refractivity contribution is 5.76.